The van der Waals surface area contributed by atoms with Crippen molar-refractivity contribution in [2.75, 3.05) is 6.61 Å². The number of nitriles is 2. The zero-order valence-corrected chi connectivity index (χ0v) is 9.60. The van der Waals surface area contributed by atoms with E-state index in [9.17, 15) is 0 Å². The van der Waals surface area contributed by atoms with Crippen LogP contribution in [-0.2, 0) is 6.42 Å². The molecular formula is C14H14N2O. The second kappa shape index (κ2) is 7.09. The van der Waals surface area contributed by atoms with Crippen LogP contribution in [-0.4, -0.2) is 6.61 Å². The molecule has 0 heterocycles. The maximum absolute atomic E-state index is 8.72. The van der Waals surface area contributed by atoms with Crippen molar-refractivity contribution < 1.29 is 4.74 Å². The standard InChI is InChI=1S/C14H14N2O/c1-2-3-7-17-14-6-4-5-12(9-14)8-13(10-15)11-16/h2,4-6,9,13H,1,3,7-8H2. The molecule has 86 valence electrons. The third kappa shape index (κ3) is 4.40. The van der Waals surface area contributed by atoms with Crippen LogP contribution in [0.3, 0.4) is 0 Å². The van der Waals surface area contributed by atoms with E-state index in [4.69, 9.17) is 15.3 Å². The SMILES string of the molecule is C=CCCOc1cccc(CC(C#N)C#N)c1. The molecule has 0 bridgehead atoms. The van der Waals surface area contributed by atoms with Crippen LogP contribution in [0, 0.1) is 28.6 Å². The van der Waals surface area contributed by atoms with Gasteiger partial charge in [-0.3, -0.25) is 0 Å². The fourth-order valence-corrected chi connectivity index (χ4v) is 1.38. The van der Waals surface area contributed by atoms with Crippen molar-refractivity contribution in [3.05, 3.63) is 42.5 Å². The van der Waals surface area contributed by atoms with Gasteiger partial charge in [0, 0.05) is 6.42 Å². The molecule has 1 rings (SSSR count). The Morgan fingerprint density at radius 2 is 2.12 bits per heavy atom. The van der Waals surface area contributed by atoms with Gasteiger partial charge in [0.05, 0.1) is 18.7 Å². The predicted molar refractivity (Wildman–Crippen MR) is 65.2 cm³/mol. The highest BCUT2D eigenvalue weighted by molar-refractivity contribution is 5.30. The summed E-state index contributed by atoms with van der Waals surface area (Å²) >= 11 is 0. The van der Waals surface area contributed by atoms with Gasteiger partial charge >= 0.3 is 0 Å². The summed E-state index contributed by atoms with van der Waals surface area (Å²) in [5, 5.41) is 17.4. The summed E-state index contributed by atoms with van der Waals surface area (Å²) in [5.74, 6) is 0.164. The van der Waals surface area contributed by atoms with E-state index in [-0.39, 0.29) is 0 Å². The zero-order chi connectivity index (χ0) is 12.5. The average Bonchev–Trinajstić information content (AvgIpc) is 2.37. The largest absolute Gasteiger partial charge is 0.493 e. The first-order valence-corrected chi connectivity index (χ1v) is 5.42. The van der Waals surface area contributed by atoms with E-state index < -0.39 is 5.92 Å². The average molecular weight is 226 g/mol. The van der Waals surface area contributed by atoms with Gasteiger partial charge in [0.15, 0.2) is 0 Å². The van der Waals surface area contributed by atoms with Crippen molar-refractivity contribution in [3.63, 3.8) is 0 Å². The summed E-state index contributed by atoms with van der Waals surface area (Å²) in [6.45, 7) is 4.21. The van der Waals surface area contributed by atoms with Crippen LogP contribution in [0.25, 0.3) is 0 Å². The number of nitrogens with zero attached hydrogens (tertiary/aromatic N) is 2. The number of hydrogen-bond donors (Lipinski definition) is 0. The molecule has 0 aliphatic heterocycles. The minimum atomic E-state index is -0.599. The van der Waals surface area contributed by atoms with E-state index in [2.05, 4.69) is 6.58 Å². The van der Waals surface area contributed by atoms with Gasteiger partial charge in [0.1, 0.15) is 11.7 Å². The highest BCUT2D eigenvalue weighted by Gasteiger charge is 2.07. The van der Waals surface area contributed by atoms with Crippen LogP contribution in [0.4, 0.5) is 0 Å². The molecule has 1 aromatic carbocycles. The molecule has 0 radical (unpaired) electrons. The third-order valence-corrected chi connectivity index (χ3v) is 2.24. The van der Waals surface area contributed by atoms with Gasteiger partial charge in [-0.15, -0.1) is 6.58 Å². The molecule has 0 fully saturated rings. The van der Waals surface area contributed by atoms with Gasteiger partial charge in [-0.05, 0) is 24.1 Å². The van der Waals surface area contributed by atoms with Crippen molar-refractivity contribution in [3.8, 4) is 17.9 Å². The van der Waals surface area contributed by atoms with Crippen molar-refractivity contribution in [2.45, 2.75) is 12.8 Å². The lowest BCUT2D eigenvalue weighted by atomic mass is 10.0. The molecule has 0 saturated carbocycles. The molecular weight excluding hydrogens is 212 g/mol. The van der Waals surface area contributed by atoms with E-state index in [1.165, 1.54) is 0 Å². The smallest absolute Gasteiger partial charge is 0.137 e. The Bertz CT molecular complexity index is 440. The molecule has 3 nitrogen and oxygen atoms in total. The second-order valence-corrected chi connectivity index (χ2v) is 3.59. The third-order valence-electron chi connectivity index (χ3n) is 2.24. The fourth-order valence-electron chi connectivity index (χ4n) is 1.38. The first-order valence-electron chi connectivity index (χ1n) is 5.42. The van der Waals surface area contributed by atoms with Crippen LogP contribution in [0.5, 0.6) is 5.75 Å². The lowest BCUT2D eigenvalue weighted by molar-refractivity contribution is 0.324. The van der Waals surface area contributed by atoms with Gasteiger partial charge < -0.3 is 4.74 Å². The lowest BCUT2D eigenvalue weighted by Crippen LogP contribution is -2.00. The minimum absolute atomic E-state index is 0.436. The van der Waals surface area contributed by atoms with Gasteiger partial charge in [0.2, 0.25) is 0 Å². The molecule has 17 heavy (non-hydrogen) atoms. The quantitative estimate of drug-likeness (QED) is 0.553. The van der Waals surface area contributed by atoms with Crippen LogP contribution >= 0.6 is 0 Å². The molecule has 0 atom stereocenters. The monoisotopic (exact) mass is 226 g/mol. The molecule has 1 aromatic rings. The number of ether oxygens (including phenoxy) is 1. The van der Waals surface area contributed by atoms with E-state index in [1.807, 2.05) is 36.4 Å². The Balaban J connectivity index is 2.63. The highest BCUT2D eigenvalue weighted by atomic mass is 16.5. The summed E-state index contributed by atoms with van der Waals surface area (Å²) in [7, 11) is 0. The molecule has 0 saturated heterocycles. The topological polar surface area (TPSA) is 56.8 Å². The summed E-state index contributed by atoms with van der Waals surface area (Å²) in [6, 6.07) is 11.4. The fraction of sp³-hybridized carbons (Fsp3) is 0.286. The first-order chi connectivity index (χ1) is 8.30. The van der Waals surface area contributed by atoms with Crippen LogP contribution in [0.15, 0.2) is 36.9 Å². The normalized spacial score (nSPS) is 9.35. The van der Waals surface area contributed by atoms with E-state index in [0.29, 0.717) is 13.0 Å². The van der Waals surface area contributed by atoms with Crippen molar-refractivity contribution in [1.29, 1.82) is 10.5 Å². The maximum Gasteiger partial charge on any atom is 0.137 e. The molecule has 0 aliphatic rings. The van der Waals surface area contributed by atoms with E-state index in [1.54, 1.807) is 6.08 Å². The summed E-state index contributed by atoms with van der Waals surface area (Å²) < 4.78 is 5.50. The van der Waals surface area contributed by atoms with E-state index >= 15 is 0 Å². The Kier molecular flexibility index (Phi) is 5.34. The van der Waals surface area contributed by atoms with Gasteiger partial charge in [-0.25, -0.2) is 0 Å². The molecule has 0 spiro atoms. The van der Waals surface area contributed by atoms with Crippen LogP contribution in [0.2, 0.25) is 0 Å². The molecule has 3 heteroatoms. The van der Waals surface area contributed by atoms with Gasteiger partial charge in [-0.2, -0.15) is 10.5 Å². The summed E-state index contributed by atoms with van der Waals surface area (Å²) in [5.41, 5.74) is 0.939. The molecule has 0 aliphatic carbocycles. The van der Waals surface area contributed by atoms with Gasteiger partial charge in [0.25, 0.3) is 0 Å². The lowest BCUT2D eigenvalue weighted by Gasteiger charge is -2.07. The Labute approximate surface area is 102 Å². The number of rotatable bonds is 6. The summed E-state index contributed by atoms with van der Waals surface area (Å²) in [4.78, 5) is 0. The van der Waals surface area contributed by atoms with Crippen molar-refractivity contribution >= 4 is 0 Å². The van der Waals surface area contributed by atoms with Gasteiger partial charge in [-0.1, -0.05) is 18.2 Å². The zero-order valence-electron chi connectivity index (χ0n) is 9.60. The number of benzene rings is 1. The van der Waals surface area contributed by atoms with Crippen molar-refractivity contribution in [2.24, 2.45) is 5.92 Å². The molecule has 0 N–H and O–H groups in total. The summed E-state index contributed by atoms with van der Waals surface area (Å²) in [6.07, 6.45) is 3.03. The Morgan fingerprint density at radius 3 is 2.76 bits per heavy atom. The Morgan fingerprint density at radius 1 is 1.35 bits per heavy atom. The Hall–Kier alpha value is -2.26. The minimum Gasteiger partial charge on any atom is -0.493 e. The molecule has 0 amide bonds. The van der Waals surface area contributed by atoms with Crippen LogP contribution in [0.1, 0.15) is 12.0 Å². The van der Waals surface area contributed by atoms with Crippen LogP contribution < -0.4 is 4.74 Å². The molecule has 0 unspecified atom stereocenters. The first kappa shape index (κ1) is 12.8. The second-order valence-electron chi connectivity index (χ2n) is 3.59. The maximum atomic E-state index is 8.72. The highest BCUT2D eigenvalue weighted by Crippen LogP contribution is 2.16. The van der Waals surface area contributed by atoms with E-state index in [0.717, 1.165) is 17.7 Å². The number of hydrogen-bond acceptors (Lipinski definition) is 3. The predicted octanol–water partition coefficient (Wildman–Crippen LogP) is 2.85. The molecule has 0 aromatic heterocycles. The van der Waals surface area contributed by atoms with Crippen molar-refractivity contribution in [1.82, 2.24) is 0 Å².